The number of carbonyl (C=O) groups excluding carboxylic acids is 1. The largest absolute Gasteiger partial charge is 0.466 e. The van der Waals surface area contributed by atoms with Crippen molar-refractivity contribution < 1.29 is 9.53 Å². The maximum atomic E-state index is 10.8. The highest BCUT2D eigenvalue weighted by atomic mass is 32.2. The third-order valence-electron chi connectivity index (χ3n) is 2.36. The Morgan fingerprint density at radius 2 is 2.00 bits per heavy atom. The monoisotopic (exact) mass is 262 g/mol. The Morgan fingerprint density at radius 1 is 1.28 bits per heavy atom. The summed E-state index contributed by atoms with van der Waals surface area (Å²) < 4.78 is 4.48. The number of rotatable bonds is 6. The molecule has 0 N–H and O–H groups in total. The maximum absolute atomic E-state index is 10.8. The summed E-state index contributed by atoms with van der Waals surface area (Å²) in [6, 6.07) is 8.59. The van der Waals surface area contributed by atoms with Gasteiger partial charge in [-0.15, -0.1) is 11.8 Å². The molecule has 0 bridgehead atoms. The number of methoxy groups -OCH3 is 1. The molecule has 0 aromatic heterocycles. The third kappa shape index (κ3) is 5.73. The SMILES string of the molecule is CCc1ccc(SC/C=C/C=C/C(=O)OC)cc1. The van der Waals surface area contributed by atoms with E-state index in [9.17, 15) is 4.79 Å². The number of ether oxygens (including phenoxy) is 1. The summed E-state index contributed by atoms with van der Waals surface area (Å²) in [7, 11) is 1.37. The van der Waals surface area contributed by atoms with Crippen LogP contribution in [0.2, 0.25) is 0 Å². The molecule has 0 spiro atoms. The lowest BCUT2D eigenvalue weighted by Crippen LogP contribution is -1.92. The highest BCUT2D eigenvalue weighted by Gasteiger charge is 1.92. The molecular formula is C15H18O2S. The van der Waals surface area contributed by atoms with Crippen LogP contribution >= 0.6 is 11.8 Å². The molecule has 0 atom stereocenters. The van der Waals surface area contributed by atoms with Crippen molar-refractivity contribution in [1.82, 2.24) is 0 Å². The number of allylic oxidation sites excluding steroid dienone is 2. The minimum absolute atomic E-state index is 0.331. The van der Waals surface area contributed by atoms with Gasteiger partial charge in [-0.3, -0.25) is 0 Å². The zero-order chi connectivity index (χ0) is 13.2. The quantitative estimate of drug-likeness (QED) is 0.339. The Balaban J connectivity index is 2.30. The van der Waals surface area contributed by atoms with E-state index in [1.54, 1.807) is 17.8 Å². The van der Waals surface area contributed by atoms with Crippen LogP contribution < -0.4 is 0 Å². The van der Waals surface area contributed by atoms with E-state index in [0.29, 0.717) is 0 Å². The molecular weight excluding hydrogens is 244 g/mol. The van der Waals surface area contributed by atoms with E-state index in [1.165, 1.54) is 23.6 Å². The topological polar surface area (TPSA) is 26.3 Å². The third-order valence-corrected chi connectivity index (χ3v) is 3.32. The number of carbonyl (C=O) groups is 1. The van der Waals surface area contributed by atoms with E-state index < -0.39 is 0 Å². The minimum atomic E-state index is -0.331. The molecule has 2 nitrogen and oxygen atoms in total. The Bertz CT molecular complexity index is 419. The standard InChI is InChI=1S/C15H18O2S/c1-3-13-8-10-14(11-9-13)18-12-6-4-5-7-15(16)17-2/h4-11H,3,12H2,1-2H3/b6-4+,7-5+. The van der Waals surface area contributed by atoms with Gasteiger partial charge in [-0.2, -0.15) is 0 Å². The molecule has 0 fully saturated rings. The Morgan fingerprint density at radius 3 is 2.61 bits per heavy atom. The molecule has 0 radical (unpaired) electrons. The molecule has 18 heavy (non-hydrogen) atoms. The summed E-state index contributed by atoms with van der Waals surface area (Å²) in [5.41, 5.74) is 1.36. The number of benzene rings is 1. The fourth-order valence-corrected chi connectivity index (χ4v) is 2.03. The molecule has 0 aliphatic carbocycles. The smallest absolute Gasteiger partial charge is 0.330 e. The first-order valence-electron chi connectivity index (χ1n) is 5.89. The van der Waals surface area contributed by atoms with Gasteiger partial charge in [0.25, 0.3) is 0 Å². The average Bonchev–Trinajstić information content (AvgIpc) is 2.43. The predicted octanol–water partition coefficient (Wildman–Crippen LogP) is 3.63. The summed E-state index contributed by atoms with van der Waals surface area (Å²) in [6.07, 6.45) is 8.02. The molecule has 1 rings (SSSR count). The van der Waals surface area contributed by atoms with Crippen LogP contribution in [0.1, 0.15) is 12.5 Å². The molecule has 0 aliphatic heterocycles. The second kappa shape index (κ2) is 8.59. The van der Waals surface area contributed by atoms with Crippen LogP contribution in [0.4, 0.5) is 0 Å². The van der Waals surface area contributed by atoms with E-state index in [2.05, 4.69) is 35.9 Å². The summed E-state index contributed by atoms with van der Waals surface area (Å²) in [6.45, 7) is 2.15. The lowest BCUT2D eigenvalue weighted by Gasteiger charge is -1.99. The molecule has 0 amide bonds. The van der Waals surface area contributed by atoms with Gasteiger partial charge >= 0.3 is 5.97 Å². The van der Waals surface area contributed by atoms with Gasteiger partial charge in [-0.25, -0.2) is 4.79 Å². The van der Waals surface area contributed by atoms with Gasteiger partial charge in [0.2, 0.25) is 0 Å². The van der Waals surface area contributed by atoms with Crippen molar-refractivity contribution in [2.24, 2.45) is 0 Å². The van der Waals surface area contributed by atoms with Gasteiger partial charge in [0.15, 0.2) is 0 Å². The molecule has 1 aromatic rings. The first-order valence-corrected chi connectivity index (χ1v) is 6.87. The van der Waals surface area contributed by atoms with Gasteiger partial charge < -0.3 is 4.74 Å². The number of thioether (sulfide) groups is 1. The van der Waals surface area contributed by atoms with Crippen LogP contribution in [0.5, 0.6) is 0 Å². The zero-order valence-electron chi connectivity index (χ0n) is 10.8. The van der Waals surface area contributed by atoms with Crippen LogP contribution in [0.25, 0.3) is 0 Å². The molecule has 0 unspecified atom stereocenters. The lowest BCUT2D eigenvalue weighted by molar-refractivity contribution is -0.134. The average molecular weight is 262 g/mol. The van der Waals surface area contributed by atoms with E-state index >= 15 is 0 Å². The molecule has 0 saturated heterocycles. The van der Waals surface area contributed by atoms with Crippen LogP contribution in [0, 0.1) is 0 Å². The van der Waals surface area contributed by atoms with Crippen molar-refractivity contribution in [3.05, 3.63) is 54.1 Å². The Kier molecular flexibility index (Phi) is 6.96. The predicted molar refractivity (Wildman–Crippen MR) is 76.8 cm³/mol. The first kappa shape index (κ1) is 14.6. The van der Waals surface area contributed by atoms with Gasteiger partial charge in [-0.05, 0) is 24.1 Å². The fraction of sp³-hybridized carbons (Fsp3) is 0.267. The van der Waals surface area contributed by atoms with Crippen molar-refractivity contribution >= 4 is 17.7 Å². The van der Waals surface area contributed by atoms with Crippen LogP contribution in [-0.2, 0) is 16.0 Å². The molecule has 3 heteroatoms. The number of aryl methyl sites for hydroxylation is 1. The number of hydrogen-bond acceptors (Lipinski definition) is 3. The minimum Gasteiger partial charge on any atom is -0.466 e. The van der Waals surface area contributed by atoms with Crippen LogP contribution in [0.3, 0.4) is 0 Å². The van der Waals surface area contributed by atoms with E-state index in [1.807, 2.05) is 12.2 Å². The van der Waals surface area contributed by atoms with Crippen molar-refractivity contribution in [2.75, 3.05) is 12.9 Å². The summed E-state index contributed by atoms with van der Waals surface area (Å²) in [5.74, 6) is 0.555. The van der Waals surface area contributed by atoms with Crippen molar-refractivity contribution in [3.63, 3.8) is 0 Å². The first-order chi connectivity index (χ1) is 8.76. The van der Waals surface area contributed by atoms with Gasteiger partial charge in [-0.1, -0.05) is 37.3 Å². The molecule has 1 aromatic carbocycles. The second-order valence-electron chi connectivity index (χ2n) is 3.62. The van der Waals surface area contributed by atoms with Crippen LogP contribution in [0.15, 0.2) is 53.5 Å². The molecule has 0 saturated carbocycles. The van der Waals surface area contributed by atoms with Crippen molar-refractivity contribution in [1.29, 1.82) is 0 Å². The number of esters is 1. The summed E-state index contributed by atoms with van der Waals surface area (Å²) in [4.78, 5) is 12.0. The van der Waals surface area contributed by atoms with Gasteiger partial charge in [0.05, 0.1) is 7.11 Å². The van der Waals surface area contributed by atoms with E-state index in [0.717, 1.165) is 12.2 Å². The van der Waals surface area contributed by atoms with Gasteiger partial charge in [0.1, 0.15) is 0 Å². The molecule has 96 valence electrons. The molecule has 0 aliphatic rings. The van der Waals surface area contributed by atoms with E-state index in [-0.39, 0.29) is 5.97 Å². The zero-order valence-corrected chi connectivity index (χ0v) is 11.6. The second-order valence-corrected chi connectivity index (χ2v) is 4.71. The Labute approximate surface area is 113 Å². The fourth-order valence-electron chi connectivity index (χ4n) is 1.30. The van der Waals surface area contributed by atoms with Gasteiger partial charge in [0, 0.05) is 16.7 Å². The Hall–Kier alpha value is -1.48. The number of hydrogen-bond donors (Lipinski definition) is 0. The summed E-state index contributed by atoms with van der Waals surface area (Å²) in [5, 5.41) is 0. The van der Waals surface area contributed by atoms with Crippen molar-refractivity contribution in [2.45, 2.75) is 18.2 Å². The van der Waals surface area contributed by atoms with E-state index in [4.69, 9.17) is 0 Å². The summed E-state index contributed by atoms with van der Waals surface area (Å²) >= 11 is 1.77. The maximum Gasteiger partial charge on any atom is 0.330 e. The highest BCUT2D eigenvalue weighted by Crippen LogP contribution is 2.18. The highest BCUT2D eigenvalue weighted by molar-refractivity contribution is 7.99. The molecule has 0 heterocycles. The normalized spacial score (nSPS) is 11.2. The van der Waals surface area contributed by atoms with Crippen LogP contribution in [-0.4, -0.2) is 18.8 Å². The van der Waals surface area contributed by atoms with Crippen molar-refractivity contribution in [3.8, 4) is 0 Å². The lowest BCUT2D eigenvalue weighted by atomic mass is 10.2.